The van der Waals surface area contributed by atoms with Crippen LogP contribution in [0.3, 0.4) is 0 Å². The zero-order valence-electron chi connectivity index (χ0n) is 25.6. The molecule has 0 heterocycles. The third-order valence-electron chi connectivity index (χ3n) is 9.08. The molecule has 2 aromatic rings. The Morgan fingerprint density at radius 3 is 2.27 bits per heavy atom. The molecular formula is C33H38N4O8. The predicted octanol–water partition coefficient (Wildman–Crippen LogP) is 1.25. The number of nitrogens with zero attached hydrogens (tertiary/aromatic N) is 2. The molecule has 3 aliphatic carbocycles. The minimum absolute atomic E-state index is 0.0296. The number of phenols is 1. The summed E-state index contributed by atoms with van der Waals surface area (Å²) in [6, 6.07) is 9.54. The van der Waals surface area contributed by atoms with E-state index in [0.29, 0.717) is 24.1 Å². The van der Waals surface area contributed by atoms with Crippen molar-refractivity contribution in [1.82, 2.24) is 9.80 Å². The Labute approximate surface area is 260 Å². The van der Waals surface area contributed by atoms with Gasteiger partial charge in [0.05, 0.1) is 18.2 Å². The van der Waals surface area contributed by atoms with E-state index in [-0.39, 0.29) is 42.2 Å². The first-order chi connectivity index (χ1) is 21.2. The molecule has 12 heteroatoms. The third-order valence-corrected chi connectivity index (χ3v) is 9.08. The molecule has 2 amide bonds. The van der Waals surface area contributed by atoms with Crippen molar-refractivity contribution in [3.05, 3.63) is 75.6 Å². The van der Waals surface area contributed by atoms with Gasteiger partial charge in [-0.15, -0.1) is 0 Å². The second-order valence-electron chi connectivity index (χ2n) is 12.5. The van der Waals surface area contributed by atoms with Crippen LogP contribution in [0.4, 0.5) is 5.69 Å². The van der Waals surface area contributed by atoms with Gasteiger partial charge < -0.3 is 36.4 Å². The van der Waals surface area contributed by atoms with Gasteiger partial charge in [-0.3, -0.25) is 24.1 Å². The summed E-state index contributed by atoms with van der Waals surface area (Å²) < 4.78 is 0. The van der Waals surface area contributed by atoms with Crippen LogP contribution in [0.5, 0.6) is 5.75 Å². The van der Waals surface area contributed by atoms with Crippen LogP contribution in [0.1, 0.15) is 28.7 Å². The lowest BCUT2D eigenvalue weighted by atomic mass is 9.57. The van der Waals surface area contributed by atoms with E-state index in [4.69, 9.17) is 5.73 Å². The van der Waals surface area contributed by atoms with Gasteiger partial charge in [-0.1, -0.05) is 18.2 Å². The summed E-state index contributed by atoms with van der Waals surface area (Å²) in [6.07, 6.45) is 1.41. The number of primary amides is 1. The predicted molar refractivity (Wildman–Crippen MR) is 165 cm³/mol. The number of rotatable bonds is 8. The molecule has 1 fully saturated rings. The van der Waals surface area contributed by atoms with Crippen molar-refractivity contribution >= 4 is 34.8 Å². The van der Waals surface area contributed by atoms with Crippen LogP contribution in [0.25, 0.3) is 5.76 Å². The number of carbonyl (C=O) groups excluding carboxylic acids is 4. The number of nitrogens with one attached hydrogen (secondary N) is 1. The topological polar surface area (TPSA) is 194 Å². The van der Waals surface area contributed by atoms with E-state index in [0.717, 1.165) is 11.1 Å². The number of fused-ring (bicyclic) bond motifs is 3. The maximum Gasteiger partial charge on any atom is 0.255 e. The zero-order valence-corrected chi connectivity index (χ0v) is 25.6. The molecule has 0 aromatic heterocycles. The fraction of sp³-hybridized carbons (Fsp3) is 0.394. The fourth-order valence-corrected chi connectivity index (χ4v) is 7.06. The maximum atomic E-state index is 14.0. The number of aliphatic hydroxyl groups excluding tert-OH is 2. The summed E-state index contributed by atoms with van der Waals surface area (Å²) in [5, 5.41) is 47.8. The highest BCUT2D eigenvalue weighted by molar-refractivity contribution is 6.24. The lowest BCUT2D eigenvalue weighted by molar-refractivity contribution is -0.153. The SMILES string of the molecule is CN(C)CC(=O)Nc1ccc(CCc2ccc(O)c3c2C[C@H]2C[C@H]4[C@H](N(C)C)C(=O)C(C(N)=O)=C(O)[C@@]4(O)C(=O)C2=C3O)cc1. The number of aliphatic hydroxyl groups is 3. The van der Waals surface area contributed by atoms with E-state index in [1.165, 1.54) is 11.0 Å². The highest BCUT2D eigenvalue weighted by Crippen LogP contribution is 2.53. The molecule has 45 heavy (non-hydrogen) atoms. The highest BCUT2D eigenvalue weighted by atomic mass is 16.3. The van der Waals surface area contributed by atoms with E-state index in [1.807, 2.05) is 38.4 Å². The molecule has 238 valence electrons. The van der Waals surface area contributed by atoms with Gasteiger partial charge in [-0.05, 0) is 94.7 Å². The first-order valence-corrected chi connectivity index (χ1v) is 14.7. The zero-order chi connectivity index (χ0) is 33.0. The number of aryl methyl sites for hydroxylation is 2. The van der Waals surface area contributed by atoms with Gasteiger partial charge in [0, 0.05) is 17.2 Å². The summed E-state index contributed by atoms with van der Waals surface area (Å²) >= 11 is 0. The molecule has 4 atom stereocenters. The van der Waals surface area contributed by atoms with Crippen molar-refractivity contribution in [3.63, 3.8) is 0 Å². The molecule has 5 rings (SSSR count). The van der Waals surface area contributed by atoms with Gasteiger partial charge >= 0.3 is 0 Å². The second kappa shape index (κ2) is 11.8. The van der Waals surface area contributed by atoms with Gasteiger partial charge in [0.15, 0.2) is 11.4 Å². The molecule has 0 spiro atoms. The van der Waals surface area contributed by atoms with E-state index in [9.17, 15) is 39.6 Å². The second-order valence-corrected chi connectivity index (χ2v) is 12.5. The first-order valence-electron chi connectivity index (χ1n) is 14.7. The Morgan fingerprint density at radius 2 is 1.67 bits per heavy atom. The van der Waals surface area contributed by atoms with Crippen LogP contribution < -0.4 is 11.1 Å². The monoisotopic (exact) mass is 618 g/mol. The number of hydrogen-bond acceptors (Lipinski definition) is 10. The van der Waals surface area contributed by atoms with Crippen LogP contribution in [-0.2, 0) is 38.4 Å². The number of ketones is 2. The van der Waals surface area contributed by atoms with Crippen LogP contribution in [-0.4, -0.2) is 100.0 Å². The number of amides is 2. The quantitative estimate of drug-likeness (QED) is 0.235. The lowest BCUT2D eigenvalue weighted by Crippen LogP contribution is -2.65. The number of benzene rings is 2. The molecular weight excluding hydrogens is 580 g/mol. The number of anilines is 1. The number of carbonyl (C=O) groups is 4. The Kier molecular flexibility index (Phi) is 8.34. The standard InChI is InChI=1S/C33H38N4O8/c1-36(2)15-23(39)35-19-10-6-16(7-11-19)5-8-17-9-12-22(38)25-20(17)13-18-14-21-27(37(3)4)29(41)26(32(34)44)31(43)33(21,45)30(42)24(18)28(25)40/h6-7,9-12,18,21,27,38,40,43,45H,5,8,13-15H2,1-4H3,(H2,34,44)(H,35,39)/t18-,21-,27-,33-/m0/s1. The van der Waals surface area contributed by atoms with Crippen molar-refractivity contribution < 1.29 is 39.6 Å². The molecule has 7 N–H and O–H groups in total. The number of Topliss-reactive ketones (excluding diaryl/α,β-unsaturated/α-hetero) is 2. The number of likely N-dealkylation sites (N-methyl/N-ethyl adjacent to an activating group) is 2. The van der Waals surface area contributed by atoms with Gasteiger partial charge in [0.25, 0.3) is 5.91 Å². The summed E-state index contributed by atoms with van der Waals surface area (Å²) in [6.45, 7) is 0.266. The largest absolute Gasteiger partial charge is 0.508 e. The van der Waals surface area contributed by atoms with E-state index in [2.05, 4.69) is 5.32 Å². The van der Waals surface area contributed by atoms with Gasteiger partial charge in [-0.2, -0.15) is 0 Å². The van der Waals surface area contributed by atoms with Gasteiger partial charge in [0.1, 0.15) is 22.8 Å². The molecule has 1 saturated carbocycles. The average Bonchev–Trinajstić information content (AvgIpc) is 2.94. The number of phenolic OH excluding ortho intramolecular Hbond substituents is 1. The smallest absolute Gasteiger partial charge is 0.255 e. The van der Waals surface area contributed by atoms with Crippen LogP contribution >= 0.6 is 0 Å². The van der Waals surface area contributed by atoms with Crippen molar-refractivity contribution in [2.75, 3.05) is 40.1 Å². The summed E-state index contributed by atoms with van der Waals surface area (Å²) in [5.41, 5.74) is 4.92. The number of aromatic hydroxyl groups is 1. The summed E-state index contributed by atoms with van der Waals surface area (Å²) in [7, 11) is 6.75. The summed E-state index contributed by atoms with van der Waals surface area (Å²) in [4.78, 5) is 54.7. The van der Waals surface area contributed by atoms with Gasteiger partial charge in [-0.25, -0.2) is 0 Å². The molecule has 2 aromatic carbocycles. The Hall–Kier alpha value is -4.52. The van der Waals surface area contributed by atoms with Crippen molar-refractivity contribution in [1.29, 1.82) is 0 Å². The van der Waals surface area contributed by atoms with Crippen molar-refractivity contribution in [2.24, 2.45) is 17.6 Å². The number of hydrogen-bond donors (Lipinski definition) is 6. The van der Waals surface area contributed by atoms with Crippen molar-refractivity contribution in [2.45, 2.75) is 37.3 Å². The van der Waals surface area contributed by atoms with E-state index in [1.54, 1.807) is 25.1 Å². The molecule has 12 nitrogen and oxygen atoms in total. The summed E-state index contributed by atoms with van der Waals surface area (Å²) in [5.74, 6) is -6.86. The molecule has 0 bridgehead atoms. The van der Waals surface area contributed by atoms with Crippen molar-refractivity contribution in [3.8, 4) is 5.75 Å². The fourth-order valence-electron chi connectivity index (χ4n) is 7.06. The molecule has 0 aliphatic heterocycles. The minimum Gasteiger partial charge on any atom is -0.508 e. The first kappa shape index (κ1) is 31.9. The Morgan fingerprint density at radius 1 is 1.00 bits per heavy atom. The van der Waals surface area contributed by atoms with Crippen LogP contribution in [0.15, 0.2) is 53.3 Å². The van der Waals surface area contributed by atoms with E-state index < -0.39 is 58.0 Å². The lowest BCUT2D eigenvalue weighted by Gasteiger charge is -2.50. The minimum atomic E-state index is -2.67. The van der Waals surface area contributed by atoms with E-state index >= 15 is 0 Å². The maximum absolute atomic E-state index is 14.0. The van der Waals surface area contributed by atoms with Crippen LogP contribution in [0, 0.1) is 11.8 Å². The molecule has 0 radical (unpaired) electrons. The molecule has 0 unspecified atom stereocenters. The normalized spacial score (nSPS) is 24.5. The Bertz CT molecular complexity index is 1660. The highest BCUT2D eigenvalue weighted by Gasteiger charge is 2.64. The molecule has 0 saturated heterocycles. The average molecular weight is 619 g/mol. The van der Waals surface area contributed by atoms with Gasteiger partial charge in [0.2, 0.25) is 11.7 Å². The third kappa shape index (κ3) is 5.39. The van der Waals surface area contributed by atoms with Crippen LogP contribution in [0.2, 0.25) is 0 Å². The Balaban J connectivity index is 1.47. The molecule has 3 aliphatic rings. The number of nitrogens with two attached hydrogens (primary N) is 1.